The van der Waals surface area contributed by atoms with Crippen molar-refractivity contribution in [2.75, 3.05) is 19.0 Å². The lowest BCUT2D eigenvalue weighted by Crippen LogP contribution is -2.28. The first-order valence-corrected chi connectivity index (χ1v) is 10.5. The Morgan fingerprint density at radius 2 is 1.82 bits per heavy atom. The molecule has 1 unspecified atom stereocenters. The maximum absolute atomic E-state index is 12.5. The minimum absolute atomic E-state index is 0.0116. The molecule has 0 spiro atoms. The molecule has 0 bridgehead atoms. The summed E-state index contributed by atoms with van der Waals surface area (Å²) < 4.78 is 11.4. The van der Waals surface area contributed by atoms with E-state index in [2.05, 4.69) is 29.6 Å². The van der Waals surface area contributed by atoms with E-state index in [0.29, 0.717) is 19.0 Å². The first-order valence-electron chi connectivity index (χ1n) is 9.50. The lowest BCUT2D eigenvalue weighted by Gasteiger charge is -2.16. The van der Waals surface area contributed by atoms with E-state index in [-0.39, 0.29) is 11.9 Å². The van der Waals surface area contributed by atoms with E-state index in [1.165, 1.54) is 22.5 Å². The molecule has 5 heteroatoms. The Morgan fingerprint density at radius 3 is 2.71 bits per heavy atom. The number of rotatable bonds is 5. The second kappa shape index (κ2) is 8.57. The molecule has 144 valence electrons. The van der Waals surface area contributed by atoms with Gasteiger partial charge in [0.15, 0.2) is 11.5 Å². The fourth-order valence-electron chi connectivity index (χ4n) is 3.37. The normalized spacial score (nSPS) is 14.3. The third-order valence-electron chi connectivity index (χ3n) is 4.76. The number of carbonyl (C=O) groups excluding carboxylic acids is 1. The molecule has 1 heterocycles. The number of ether oxygens (including phenoxy) is 2. The Bertz CT molecular complexity index is 983. The van der Waals surface area contributed by atoms with Gasteiger partial charge in [-0.15, -0.1) is 11.8 Å². The van der Waals surface area contributed by atoms with Crippen molar-refractivity contribution in [1.29, 1.82) is 0 Å². The topological polar surface area (TPSA) is 47.6 Å². The summed E-state index contributed by atoms with van der Waals surface area (Å²) >= 11 is 1.50. The van der Waals surface area contributed by atoms with Crippen LogP contribution in [0.4, 0.5) is 0 Å². The molecule has 1 aliphatic rings. The van der Waals surface area contributed by atoms with Crippen molar-refractivity contribution >= 4 is 28.4 Å². The van der Waals surface area contributed by atoms with E-state index in [0.717, 1.165) is 28.4 Å². The van der Waals surface area contributed by atoms with Crippen molar-refractivity contribution in [3.63, 3.8) is 0 Å². The van der Waals surface area contributed by atoms with Gasteiger partial charge in [0, 0.05) is 11.3 Å². The molecule has 1 atom stereocenters. The average Bonchev–Trinajstić information content (AvgIpc) is 2.96. The number of nitrogens with one attached hydrogen (secondary N) is 1. The minimum Gasteiger partial charge on any atom is -0.490 e. The highest BCUT2D eigenvalue weighted by Crippen LogP contribution is 2.34. The maximum Gasteiger partial charge on any atom is 0.230 e. The first kappa shape index (κ1) is 18.7. The van der Waals surface area contributed by atoms with E-state index < -0.39 is 0 Å². The molecule has 1 aliphatic heterocycles. The van der Waals surface area contributed by atoms with Crippen LogP contribution < -0.4 is 14.8 Å². The smallest absolute Gasteiger partial charge is 0.230 e. The van der Waals surface area contributed by atoms with Gasteiger partial charge in [0.25, 0.3) is 0 Å². The largest absolute Gasteiger partial charge is 0.490 e. The summed E-state index contributed by atoms with van der Waals surface area (Å²) in [4.78, 5) is 13.5. The lowest BCUT2D eigenvalue weighted by molar-refractivity contribution is -0.119. The summed E-state index contributed by atoms with van der Waals surface area (Å²) in [6, 6.07) is 20.2. The van der Waals surface area contributed by atoms with Gasteiger partial charge in [-0.1, -0.05) is 42.5 Å². The highest BCUT2D eigenvalue weighted by atomic mass is 32.2. The van der Waals surface area contributed by atoms with Gasteiger partial charge in [0.1, 0.15) is 0 Å². The molecule has 1 N–H and O–H groups in total. The predicted octanol–water partition coefficient (Wildman–Crippen LogP) is 4.97. The number of fused-ring (bicyclic) bond motifs is 2. The molecular formula is C23H23NO3S. The van der Waals surface area contributed by atoms with E-state index in [1.54, 1.807) is 0 Å². The van der Waals surface area contributed by atoms with Gasteiger partial charge in [0.05, 0.1) is 25.0 Å². The molecule has 1 amide bonds. The molecule has 4 nitrogen and oxygen atoms in total. The van der Waals surface area contributed by atoms with E-state index in [9.17, 15) is 4.79 Å². The Morgan fingerprint density at radius 1 is 1.04 bits per heavy atom. The SMILES string of the molecule is CC(NC(=O)CSc1ccc2c(c1)OCCCO2)c1cccc2ccccc12. The zero-order valence-electron chi connectivity index (χ0n) is 15.8. The second-order valence-electron chi connectivity index (χ2n) is 6.81. The number of thioether (sulfide) groups is 1. The highest BCUT2D eigenvalue weighted by molar-refractivity contribution is 8.00. The molecule has 28 heavy (non-hydrogen) atoms. The van der Waals surface area contributed by atoms with Crippen molar-refractivity contribution < 1.29 is 14.3 Å². The number of carbonyl (C=O) groups is 1. The van der Waals surface area contributed by atoms with Crippen LogP contribution in [0, 0.1) is 0 Å². The maximum atomic E-state index is 12.5. The molecule has 3 aromatic rings. The van der Waals surface area contributed by atoms with Crippen molar-refractivity contribution in [3.05, 3.63) is 66.2 Å². The van der Waals surface area contributed by atoms with Crippen molar-refractivity contribution in [2.45, 2.75) is 24.3 Å². The minimum atomic E-state index is -0.0528. The number of amides is 1. The van der Waals surface area contributed by atoms with Crippen LogP contribution in [0.2, 0.25) is 0 Å². The monoisotopic (exact) mass is 393 g/mol. The van der Waals surface area contributed by atoms with Gasteiger partial charge in [-0.05, 0) is 41.5 Å². The molecule has 0 saturated heterocycles. The molecule has 4 rings (SSSR count). The molecule has 0 fully saturated rings. The number of benzene rings is 3. The van der Waals surface area contributed by atoms with Gasteiger partial charge in [0.2, 0.25) is 5.91 Å². The summed E-state index contributed by atoms with van der Waals surface area (Å²) in [5, 5.41) is 5.47. The van der Waals surface area contributed by atoms with Crippen LogP contribution in [-0.2, 0) is 4.79 Å². The Hall–Kier alpha value is -2.66. The number of hydrogen-bond donors (Lipinski definition) is 1. The van der Waals surface area contributed by atoms with Gasteiger partial charge in [-0.3, -0.25) is 4.79 Å². The van der Waals surface area contributed by atoms with Crippen molar-refractivity contribution in [1.82, 2.24) is 5.32 Å². The van der Waals surface area contributed by atoms with Gasteiger partial charge in [-0.25, -0.2) is 0 Å². The highest BCUT2D eigenvalue weighted by Gasteiger charge is 2.14. The van der Waals surface area contributed by atoms with Crippen LogP contribution >= 0.6 is 11.8 Å². The fraction of sp³-hybridized carbons (Fsp3) is 0.261. The predicted molar refractivity (Wildman–Crippen MR) is 113 cm³/mol. The summed E-state index contributed by atoms with van der Waals surface area (Å²) in [5.41, 5.74) is 1.13. The molecule has 0 saturated carbocycles. The standard InChI is InChI=1S/C23H23NO3S/c1-16(19-9-4-7-17-6-2-3-8-20(17)19)24-23(25)15-28-18-10-11-21-22(14-18)27-13-5-12-26-21/h2-4,6-11,14,16H,5,12-13,15H2,1H3,(H,24,25). The molecule has 0 radical (unpaired) electrons. The van der Waals surface area contributed by atoms with Crippen LogP contribution in [0.25, 0.3) is 10.8 Å². The summed E-state index contributed by atoms with van der Waals surface area (Å²) in [7, 11) is 0. The number of hydrogen-bond acceptors (Lipinski definition) is 4. The molecule has 3 aromatic carbocycles. The lowest BCUT2D eigenvalue weighted by atomic mass is 10.00. The molecular weight excluding hydrogens is 370 g/mol. The molecule has 0 aromatic heterocycles. The third kappa shape index (κ3) is 4.25. The Kier molecular flexibility index (Phi) is 5.72. The summed E-state index contributed by atoms with van der Waals surface area (Å²) in [5.74, 6) is 1.90. The zero-order chi connectivity index (χ0) is 19.3. The fourth-order valence-corrected chi connectivity index (χ4v) is 4.11. The summed E-state index contributed by atoms with van der Waals surface area (Å²) in [6.07, 6.45) is 0.881. The average molecular weight is 394 g/mol. The second-order valence-corrected chi connectivity index (χ2v) is 7.85. The Labute approximate surface area is 169 Å². The van der Waals surface area contributed by atoms with Crippen molar-refractivity contribution in [3.8, 4) is 11.5 Å². The van der Waals surface area contributed by atoms with Crippen molar-refractivity contribution in [2.24, 2.45) is 0 Å². The van der Waals surface area contributed by atoms with E-state index >= 15 is 0 Å². The van der Waals surface area contributed by atoms with Crippen LogP contribution in [0.3, 0.4) is 0 Å². The molecule has 0 aliphatic carbocycles. The van der Waals surface area contributed by atoms with E-state index in [4.69, 9.17) is 9.47 Å². The zero-order valence-corrected chi connectivity index (χ0v) is 16.6. The first-order chi connectivity index (χ1) is 13.7. The summed E-state index contributed by atoms with van der Waals surface area (Å²) in [6.45, 7) is 3.36. The van der Waals surface area contributed by atoms with Crippen LogP contribution in [0.1, 0.15) is 24.9 Å². The Balaban J connectivity index is 1.38. The van der Waals surface area contributed by atoms with E-state index in [1.807, 2.05) is 43.3 Å². The van der Waals surface area contributed by atoms with Crippen LogP contribution in [-0.4, -0.2) is 24.9 Å². The quantitative estimate of drug-likeness (QED) is 0.622. The van der Waals surface area contributed by atoms with Gasteiger partial charge < -0.3 is 14.8 Å². The van der Waals surface area contributed by atoms with Gasteiger partial charge >= 0.3 is 0 Å². The van der Waals surface area contributed by atoms with Crippen LogP contribution in [0.15, 0.2) is 65.6 Å². The van der Waals surface area contributed by atoms with Crippen LogP contribution in [0.5, 0.6) is 11.5 Å². The third-order valence-corrected chi connectivity index (χ3v) is 5.75. The van der Waals surface area contributed by atoms with Gasteiger partial charge in [-0.2, -0.15) is 0 Å².